The summed E-state index contributed by atoms with van der Waals surface area (Å²) in [5.41, 5.74) is 8.01. The van der Waals surface area contributed by atoms with Gasteiger partial charge < -0.3 is 53.5 Å². The second-order valence-electron chi connectivity index (χ2n) is 17.4. The van der Waals surface area contributed by atoms with Crippen LogP contribution in [0.1, 0.15) is 90.4 Å². The van der Waals surface area contributed by atoms with Crippen LogP contribution in [0.2, 0.25) is 0 Å². The SMILES string of the molecule is C=C1C[C@@H]2CC[C@@]34C[C@H]5O[C@H]6[C@@H](O3)[C@H]3O[C@H](CC[C@@H]3O[C@H]6[C@H]5O4)CC(=O)C[C@@H]3[C@@H](OC)[C@@H](CC(O)CN)O[C@H]3C[C@H]3O[C@@H](CC[C@@H]1O2)C[C@@H](C)C3=C. The Hall–Kier alpha value is -1.29. The molecule has 1 unspecified atom stereocenters. The number of nitrogens with two attached hydrogens (primary N) is 1. The van der Waals surface area contributed by atoms with Gasteiger partial charge in [-0.05, 0) is 62.0 Å². The molecule has 1 spiro atoms. The Morgan fingerprint density at radius 1 is 0.808 bits per heavy atom. The summed E-state index contributed by atoms with van der Waals surface area (Å²) in [7, 11) is 1.66. The third kappa shape index (κ3) is 6.59. The zero-order chi connectivity index (χ0) is 35.9. The molecule has 0 aromatic carbocycles. The van der Waals surface area contributed by atoms with Gasteiger partial charge >= 0.3 is 0 Å². The van der Waals surface area contributed by atoms with Gasteiger partial charge in [0, 0.05) is 58.1 Å². The van der Waals surface area contributed by atoms with Crippen molar-refractivity contribution in [2.75, 3.05) is 13.7 Å². The molecule has 52 heavy (non-hydrogen) atoms. The van der Waals surface area contributed by atoms with Crippen LogP contribution in [-0.4, -0.2) is 128 Å². The van der Waals surface area contributed by atoms with Crippen LogP contribution in [0.25, 0.3) is 0 Å². The Kier molecular flexibility index (Phi) is 10.0. The third-order valence-corrected chi connectivity index (χ3v) is 14.0. The normalized spacial score (nSPS) is 52.4. The molecule has 3 N–H and O–H groups in total. The van der Waals surface area contributed by atoms with Crippen LogP contribution in [-0.2, 0) is 47.4 Å². The highest BCUT2D eigenvalue weighted by Crippen LogP contribution is 2.54. The predicted molar refractivity (Wildman–Crippen MR) is 186 cm³/mol. The number of carbonyl (C=O) groups is 1. The maximum Gasteiger partial charge on any atom is 0.172 e. The Balaban J connectivity index is 0.994. The van der Waals surface area contributed by atoms with Crippen molar-refractivity contribution >= 4 is 5.78 Å². The van der Waals surface area contributed by atoms with Crippen LogP contribution in [0.15, 0.2) is 24.3 Å². The molecule has 12 nitrogen and oxygen atoms in total. The van der Waals surface area contributed by atoms with E-state index in [2.05, 4.69) is 20.1 Å². The fourth-order valence-electron chi connectivity index (χ4n) is 11.3. The minimum Gasteiger partial charge on any atom is -0.392 e. The lowest BCUT2D eigenvalue weighted by Crippen LogP contribution is -2.61. The number of aliphatic hydroxyl groups is 1. The van der Waals surface area contributed by atoms with Crippen LogP contribution >= 0.6 is 0 Å². The minimum atomic E-state index is -0.780. The molecule has 0 aliphatic carbocycles. The molecule has 10 heterocycles. The topological polar surface area (TPSA) is 146 Å². The molecule has 290 valence electrons. The van der Waals surface area contributed by atoms with Crippen LogP contribution in [0.3, 0.4) is 0 Å². The quantitative estimate of drug-likeness (QED) is 0.409. The summed E-state index contributed by atoms with van der Waals surface area (Å²) in [5.74, 6) is -0.619. The summed E-state index contributed by atoms with van der Waals surface area (Å²) in [5, 5.41) is 10.5. The number of aliphatic hydroxyl groups excluding tert-OH is 1. The van der Waals surface area contributed by atoms with Crippen molar-refractivity contribution in [3.8, 4) is 0 Å². The van der Waals surface area contributed by atoms with Gasteiger partial charge in [-0.3, -0.25) is 4.79 Å². The maximum atomic E-state index is 14.1. The van der Waals surface area contributed by atoms with Crippen molar-refractivity contribution in [2.24, 2.45) is 17.6 Å². The van der Waals surface area contributed by atoms with Crippen molar-refractivity contribution in [2.45, 2.75) is 194 Å². The molecular weight excluding hydrogens is 670 g/mol. The lowest BCUT2D eigenvalue weighted by molar-refractivity contribution is -0.292. The molecule has 10 rings (SSSR count). The van der Waals surface area contributed by atoms with Gasteiger partial charge in [0.05, 0.1) is 67.1 Å². The number of hydrogen-bond donors (Lipinski definition) is 2. The first-order valence-corrected chi connectivity index (χ1v) is 20.2. The highest BCUT2D eigenvalue weighted by molar-refractivity contribution is 5.79. The van der Waals surface area contributed by atoms with E-state index >= 15 is 0 Å². The van der Waals surface area contributed by atoms with E-state index < -0.39 is 18.0 Å². The highest BCUT2D eigenvalue weighted by Gasteiger charge is 2.68. The third-order valence-electron chi connectivity index (χ3n) is 14.0. The van der Waals surface area contributed by atoms with E-state index in [1.807, 2.05) is 0 Å². The van der Waals surface area contributed by atoms with E-state index in [0.29, 0.717) is 25.7 Å². The van der Waals surface area contributed by atoms with Gasteiger partial charge in [-0.15, -0.1) is 0 Å². The first kappa shape index (κ1) is 36.4. The molecule has 12 bridgehead atoms. The Morgan fingerprint density at radius 3 is 2.38 bits per heavy atom. The molecule has 10 aliphatic rings. The molecular formula is C40H59NO11. The zero-order valence-corrected chi connectivity index (χ0v) is 30.8. The number of hydrogen-bond acceptors (Lipinski definition) is 12. The summed E-state index contributed by atoms with van der Waals surface area (Å²) < 4.78 is 60.0. The average molecular weight is 730 g/mol. The van der Waals surface area contributed by atoms with Crippen molar-refractivity contribution in [1.82, 2.24) is 0 Å². The monoisotopic (exact) mass is 729 g/mol. The molecule has 10 fully saturated rings. The molecule has 0 aromatic heterocycles. The number of fused-ring (bicyclic) bond motifs is 6. The first-order chi connectivity index (χ1) is 25.1. The smallest absolute Gasteiger partial charge is 0.172 e. The predicted octanol–water partition coefficient (Wildman–Crippen LogP) is 3.44. The van der Waals surface area contributed by atoms with Crippen LogP contribution in [0, 0.1) is 11.8 Å². The minimum absolute atomic E-state index is 0.0158. The van der Waals surface area contributed by atoms with Crippen LogP contribution < -0.4 is 5.73 Å². The van der Waals surface area contributed by atoms with Gasteiger partial charge in [0.2, 0.25) is 0 Å². The van der Waals surface area contributed by atoms with E-state index in [1.54, 1.807) is 7.11 Å². The fraction of sp³-hybridized carbons (Fsp3) is 0.875. The summed E-state index contributed by atoms with van der Waals surface area (Å²) >= 11 is 0. The van der Waals surface area contributed by atoms with Crippen molar-refractivity contribution < 1.29 is 52.5 Å². The van der Waals surface area contributed by atoms with Gasteiger partial charge in [-0.1, -0.05) is 20.1 Å². The number of Topliss-reactive ketones (excluding diaryl/α,β-unsaturated/α-hetero) is 1. The summed E-state index contributed by atoms with van der Waals surface area (Å²) in [6.45, 7) is 11.3. The van der Waals surface area contributed by atoms with Gasteiger partial charge in [0.15, 0.2) is 5.79 Å². The second-order valence-corrected chi connectivity index (χ2v) is 17.4. The van der Waals surface area contributed by atoms with Gasteiger partial charge in [0.25, 0.3) is 0 Å². The molecule has 12 heteroatoms. The number of carbonyl (C=O) groups excluding carboxylic acids is 1. The van der Waals surface area contributed by atoms with Gasteiger partial charge in [0.1, 0.15) is 36.3 Å². The number of ether oxygens (including phenoxy) is 9. The second kappa shape index (κ2) is 14.3. The number of methoxy groups -OCH3 is 1. The largest absolute Gasteiger partial charge is 0.392 e. The highest BCUT2D eigenvalue weighted by atomic mass is 16.8. The average Bonchev–Trinajstić information content (AvgIpc) is 3.79. The maximum absolute atomic E-state index is 14.1. The Morgan fingerprint density at radius 2 is 1.56 bits per heavy atom. The standard InChI is InChI=1S/C40H59NO11/c1-19-11-24-5-7-28-20(2)12-26(45-28)9-10-40-17-33-36(51-40)37-38(50-33)39(52-40)35-29(49-37)8-6-25(47-35)13-22(42)14-27-31(16-30(46-24)21(19)3)48-32(34(27)44-4)15-23(43)18-41/h19,23-39,43H,2-3,5-18,41H2,1,4H3/t19-,23?,24+,25-,26+,27+,28+,29+,30-,31+,32-,33-,34-,35+,36+,37+,38-,39+,40+/m1/s1. The van der Waals surface area contributed by atoms with E-state index in [-0.39, 0.29) is 122 Å². The van der Waals surface area contributed by atoms with Gasteiger partial charge in [-0.2, -0.15) is 0 Å². The van der Waals surface area contributed by atoms with Crippen molar-refractivity contribution in [1.29, 1.82) is 0 Å². The van der Waals surface area contributed by atoms with Crippen LogP contribution in [0.4, 0.5) is 0 Å². The molecule has 10 saturated heterocycles. The first-order valence-electron chi connectivity index (χ1n) is 20.2. The molecule has 0 aromatic rings. The fourth-order valence-corrected chi connectivity index (χ4v) is 11.3. The van der Waals surface area contributed by atoms with Gasteiger partial charge in [-0.25, -0.2) is 0 Å². The lowest BCUT2D eigenvalue weighted by atomic mass is 9.81. The van der Waals surface area contributed by atoms with E-state index in [1.165, 1.54) is 0 Å². The lowest BCUT2D eigenvalue weighted by Gasteiger charge is -2.47. The summed E-state index contributed by atoms with van der Waals surface area (Å²) in [4.78, 5) is 14.1. The number of ketones is 1. The van der Waals surface area contributed by atoms with Crippen molar-refractivity contribution in [3.05, 3.63) is 24.3 Å². The number of rotatable bonds is 4. The summed E-state index contributed by atoms with van der Waals surface area (Å²) in [6.07, 6.45) is 4.85. The molecule has 0 radical (unpaired) electrons. The molecule has 19 atom stereocenters. The van der Waals surface area contributed by atoms with Crippen LogP contribution in [0.5, 0.6) is 0 Å². The summed E-state index contributed by atoms with van der Waals surface area (Å²) in [6, 6.07) is 0. The zero-order valence-electron chi connectivity index (χ0n) is 30.8. The molecule has 10 aliphatic heterocycles. The Bertz CT molecular complexity index is 1380. The Labute approximate surface area is 307 Å². The van der Waals surface area contributed by atoms with Crippen molar-refractivity contribution in [3.63, 3.8) is 0 Å². The molecule has 0 amide bonds. The van der Waals surface area contributed by atoms with E-state index in [9.17, 15) is 9.90 Å². The van der Waals surface area contributed by atoms with E-state index in [4.69, 9.17) is 48.4 Å². The molecule has 0 saturated carbocycles. The van der Waals surface area contributed by atoms with E-state index in [0.717, 1.165) is 56.1 Å².